The van der Waals surface area contributed by atoms with E-state index in [0.29, 0.717) is 34.1 Å². The summed E-state index contributed by atoms with van der Waals surface area (Å²) in [5.74, 6) is -0.669. The quantitative estimate of drug-likeness (QED) is 0.355. The van der Waals surface area contributed by atoms with Crippen molar-refractivity contribution in [3.8, 4) is 5.75 Å². The number of halogens is 1. The van der Waals surface area contributed by atoms with Gasteiger partial charge in [-0.05, 0) is 68.0 Å². The fourth-order valence-electron chi connectivity index (χ4n) is 2.92. The van der Waals surface area contributed by atoms with Crippen LogP contribution in [0.1, 0.15) is 29.8 Å². The van der Waals surface area contributed by atoms with E-state index in [4.69, 9.17) is 21.5 Å². The summed E-state index contributed by atoms with van der Waals surface area (Å²) in [7, 11) is 0. The Kier molecular flexibility index (Phi) is 6.89. The van der Waals surface area contributed by atoms with Gasteiger partial charge in [0.15, 0.2) is 0 Å². The van der Waals surface area contributed by atoms with Crippen molar-refractivity contribution in [2.24, 2.45) is 4.99 Å². The lowest BCUT2D eigenvalue weighted by molar-refractivity contribution is -0.124. The zero-order valence-corrected chi connectivity index (χ0v) is 17.8. The normalized spacial score (nSPS) is 17.9. The van der Waals surface area contributed by atoms with Crippen LogP contribution in [0.5, 0.6) is 5.75 Å². The molecule has 2 amide bonds. The summed E-state index contributed by atoms with van der Waals surface area (Å²) < 4.78 is 6.15. The highest BCUT2D eigenvalue weighted by Crippen LogP contribution is 2.28. The van der Waals surface area contributed by atoms with Crippen LogP contribution in [0.4, 0.5) is 5.69 Å². The average Bonchev–Trinajstić information content (AvgIpc) is 2.76. The largest absolute Gasteiger partial charge is 0.481 e. The third-order valence-electron chi connectivity index (χ3n) is 4.58. The molecule has 3 N–H and O–H groups in total. The molecule has 0 radical (unpaired) electrons. The van der Waals surface area contributed by atoms with Gasteiger partial charge in [-0.25, -0.2) is 5.48 Å². The number of ether oxygens (including phenoxy) is 1. The highest BCUT2D eigenvalue weighted by atomic mass is 35.5. The van der Waals surface area contributed by atoms with E-state index in [2.05, 4.69) is 10.3 Å². The van der Waals surface area contributed by atoms with Crippen LogP contribution >= 0.6 is 11.6 Å². The smallest absolute Gasteiger partial charge is 0.267 e. The summed E-state index contributed by atoms with van der Waals surface area (Å²) in [6.07, 6.45) is 6.38. The van der Waals surface area contributed by atoms with Gasteiger partial charge in [0.05, 0.1) is 12.1 Å². The second kappa shape index (κ2) is 9.59. The number of benzene rings is 2. The summed E-state index contributed by atoms with van der Waals surface area (Å²) in [6, 6.07) is 11.8. The molecule has 160 valence electrons. The van der Waals surface area contributed by atoms with E-state index in [1.54, 1.807) is 42.5 Å². The lowest BCUT2D eigenvalue weighted by Gasteiger charge is -2.29. The number of hydrogen-bond acceptors (Lipinski definition) is 5. The number of amides is 2. The van der Waals surface area contributed by atoms with Gasteiger partial charge in [0.1, 0.15) is 11.4 Å². The van der Waals surface area contributed by atoms with Crippen LogP contribution in [-0.4, -0.2) is 34.9 Å². The number of aliphatic imine (C=N–C) groups is 1. The van der Waals surface area contributed by atoms with Crippen molar-refractivity contribution in [3.05, 3.63) is 76.8 Å². The summed E-state index contributed by atoms with van der Waals surface area (Å²) in [5.41, 5.74) is 3.05. The molecule has 0 spiro atoms. The Balaban J connectivity index is 1.85. The van der Waals surface area contributed by atoms with Crippen molar-refractivity contribution < 1.29 is 19.5 Å². The van der Waals surface area contributed by atoms with E-state index >= 15 is 0 Å². The molecule has 0 fully saturated rings. The first-order valence-electron chi connectivity index (χ1n) is 9.51. The highest BCUT2D eigenvalue weighted by Gasteiger charge is 2.27. The Bertz CT molecular complexity index is 1090. The molecular weight excluding hydrogens is 418 g/mol. The summed E-state index contributed by atoms with van der Waals surface area (Å²) >= 11 is 6.05. The third kappa shape index (κ3) is 5.81. The fraction of sp³-hybridized carbons (Fsp3) is 0.174. The maximum atomic E-state index is 13.1. The van der Waals surface area contributed by atoms with Crippen molar-refractivity contribution in [2.75, 3.05) is 11.9 Å². The topological polar surface area (TPSA) is 100 Å². The van der Waals surface area contributed by atoms with Crippen molar-refractivity contribution in [3.63, 3.8) is 0 Å². The number of rotatable bonds is 6. The molecule has 31 heavy (non-hydrogen) atoms. The molecule has 2 aromatic rings. The lowest BCUT2D eigenvalue weighted by Crippen LogP contribution is -2.36. The number of carbonyl (C=O) groups excluding carboxylic acids is 2. The van der Waals surface area contributed by atoms with E-state index in [0.717, 1.165) is 11.8 Å². The second-order valence-corrected chi connectivity index (χ2v) is 7.63. The summed E-state index contributed by atoms with van der Waals surface area (Å²) in [6.45, 7) is 4.27. The van der Waals surface area contributed by atoms with Crippen LogP contribution in [0, 0.1) is 0 Å². The number of hydrogen-bond donors (Lipinski definition) is 3. The molecule has 0 saturated carbocycles. The van der Waals surface area contributed by atoms with Gasteiger partial charge in [-0.2, -0.15) is 0 Å². The zero-order valence-electron chi connectivity index (χ0n) is 17.1. The molecule has 0 aliphatic carbocycles. The number of carbonyl (C=O) groups is 2. The van der Waals surface area contributed by atoms with Gasteiger partial charge >= 0.3 is 0 Å². The number of allylic oxidation sites excluding steroid dienone is 1. The van der Waals surface area contributed by atoms with E-state index in [-0.39, 0.29) is 5.91 Å². The van der Waals surface area contributed by atoms with Gasteiger partial charge in [-0.15, -0.1) is 0 Å². The van der Waals surface area contributed by atoms with E-state index in [1.807, 2.05) is 26.0 Å². The molecule has 3 rings (SSSR count). The fourth-order valence-corrected chi connectivity index (χ4v) is 3.10. The molecule has 1 aliphatic rings. The predicted octanol–water partition coefficient (Wildman–Crippen LogP) is 4.28. The molecule has 0 aromatic heterocycles. The Hall–Kier alpha value is -3.42. The minimum atomic E-state index is -0.706. The zero-order chi connectivity index (χ0) is 22.4. The monoisotopic (exact) mass is 439 g/mol. The van der Waals surface area contributed by atoms with Crippen LogP contribution in [0.3, 0.4) is 0 Å². The maximum absolute atomic E-state index is 13.1. The van der Waals surface area contributed by atoms with Crippen LogP contribution in [0.15, 0.2) is 65.7 Å². The van der Waals surface area contributed by atoms with Crippen LogP contribution in [-0.2, 0) is 4.79 Å². The predicted molar refractivity (Wildman–Crippen MR) is 121 cm³/mol. The number of para-hydroxylation sites is 1. The van der Waals surface area contributed by atoms with Gasteiger partial charge in [0, 0.05) is 22.5 Å². The van der Waals surface area contributed by atoms with Crippen molar-refractivity contribution in [1.29, 1.82) is 0 Å². The van der Waals surface area contributed by atoms with Gasteiger partial charge in [-0.3, -0.25) is 19.8 Å². The van der Waals surface area contributed by atoms with Gasteiger partial charge < -0.3 is 10.1 Å². The minimum absolute atomic E-state index is 0.349. The Morgan fingerprint density at radius 2 is 2.03 bits per heavy atom. The average molecular weight is 440 g/mol. The molecule has 8 heteroatoms. The number of dihydropyridines is 1. The number of nitrogens with zero attached hydrogens (tertiary/aromatic N) is 1. The van der Waals surface area contributed by atoms with Crippen molar-refractivity contribution in [1.82, 2.24) is 5.48 Å². The lowest BCUT2D eigenvalue weighted by atomic mass is 10.0. The van der Waals surface area contributed by atoms with E-state index in [1.165, 1.54) is 11.6 Å². The summed E-state index contributed by atoms with van der Waals surface area (Å²) in [5, 5.41) is 11.9. The third-order valence-corrected chi connectivity index (χ3v) is 4.82. The second-order valence-electron chi connectivity index (χ2n) is 7.20. The molecule has 1 unspecified atom stereocenters. The van der Waals surface area contributed by atoms with Crippen LogP contribution in [0.25, 0.3) is 6.08 Å². The summed E-state index contributed by atoms with van der Waals surface area (Å²) in [4.78, 5) is 28.8. The highest BCUT2D eigenvalue weighted by molar-refractivity contribution is 6.31. The Labute approximate surface area is 185 Å². The van der Waals surface area contributed by atoms with Crippen molar-refractivity contribution >= 4 is 40.9 Å². The number of nitrogens with one attached hydrogen (secondary N) is 2. The van der Waals surface area contributed by atoms with E-state index in [9.17, 15) is 9.59 Å². The Morgan fingerprint density at radius 1 is 1.26 bits per heavy atom. The number of anilines is 1. The standard InChI is InChI=1S/C23H22ClN3O4/c1-15-11-12-23(2,14-25-15)31-20-6-4-3-5-18(20)22(29)26-19-9-8-17(24)13-16(19)7-10-21(28)27-30/h3-13,30H,14H2,1-2H3,(H,26,29)(H,27,28)/b10-7+. The van der Waals surface area contributed by atoms with E-state index < -0.39 is 11.5 Å². The minimum Gasteiger partial charge on any atom is -0.481 e. The molecule has 0 saturated heterocycles. The molecule has 1 aliphatic heterocycles. The van der Waals surface area contributed by atoms with Crippen LogP contribution < -0.4 is 15.5 Å². The number of hydroxylamine groups is 1. The molecule has 2 aromatic carbocycles. The first kappa shape index (κ1) is 22.3. The molecule has 1 atom stereocenters. The van der Waals surface area contributed by atoms with Crippen LogP contribution in [0.2, 0.25) is 5.02 Å². The molecule has 1 heterocycles. The van der Waals surface area contributed by atoms with Gasteiger partial charge in [0.2, 0.25) is 0 Å². The molecule has 0 bridgehead atoms. The molecular formula is C23H22ClN3O4. The maximum Gasteiger partial charge on any atom is 0.267 e. The Morgan fingerprint density at radius 3 is 2.74 bits per heavy atom. The van der Waals surface area contributed by atoms with Gasteiger partial charge in [0.25, 0.3) is 11.8 Å². The first-order chi connectivity index (χ1) is 14.8. The SMILES string of the molecule is CC1=NCC(C)(Oc2ccccc2C(=O)Nc2ccc(Cl)cc2/C=C/C(=O)NO)C=C1. The molecule has 7 nitrogen and oxygen atoms in total. The first-order valence-corrected chi connectivity index (χ1v) is 9.89. The van der Waals surface area contributed by atoms with Gasteiger partial charge in [-0.1, -0.05) is 23.7 Å². The van der Waals surface area contributed by atoms with Crippen molar-refractivity contribution in [2.45, 2.75) is 19.4 Å².